The number of rotatable bonds is 3. The lowest BCUT2D eigenvalue weighted by molar-refractivity contribution is -0.205. The van der Waals surface area contributed by atoms with E-state index in [2.05, 4.69) is 10.1 Å². The Morgan fingerprint density at radius 3 is 2.65 bits per heavy atom. The second-order valence-corrected chi connectivity index (χ2v) is 4.17. The number of aromatic carboxylic acids is 1. The minimum atomic E-state index is -4.12. The highest BCUT2D eigenvalue weighted by atomic mass is 19.4. The van der Waals surface area contributed by atoms with Crippen molar-refractivity contribution >= 4 is 5.97 Å². The minimum Gasteiger partial charge on any atom is -0.475 e. The molecule has 0 spiro atoms. The highest BCUT2D eigenvalue weighted by Gasteiger charge is 2.47. The summed E-state index contributed by atoms with van der Waals surface area (Å²) in [5.74, 6) is -2.91. The van der Waals surface area contributed by atoms with Crippen molar-refractivity contribution in [3.8, 4) is 0 Å². The normalized spacial score (nSPS) is 24.4. The predicted octanol–water partition coefficient (Wildman–Crippen LogP) is 1.56. The van der Waals surface area contributed by atoms with Crippen LogP contribution >= 0.6 is 0 Å². The smallest absolute Gasteiger partial charge is 0.391 e. The third kappa shape index (κ3) is 2.56. The van der Waals surface area contributed by atoms with Gasteiger partial charge in [-0.05, 0) is 18.8 Å². The molecule has 94 valence electrons. The van der Waals surface area contributed by atoms with E-state index in [0.717, 1.165) is 0 Å². The van der Waals surface area contributed by atoms with Gasteiger partial charge < -0.3 is 5.11 Å². The van der Waals surface area contributed by atoms with Crippen molar-refractivity contribution in [1.29, 1.82) is 0 Å². The predicted molar refractivity (Wildman–Crippen MR) is 49.3 cm³/mol. The van der Waals surface area contributed by atoms with Gasteiger partial charge >= 0.3 is 12.1 Å². The Morgan fingerprint density at radius 2 is 2.18 bits per heavy atom. The molecule has 1 heterocycles. The van der Waals surface area contributed by atoms with E-state index in [1.165, 1.54) is 11.0 Å². The Hall–Kier alpha value is -1.60. The Kier molecular flexibility index (Phi) is 2.80. The third-order valence-electron chi connectivity index (χ3n) is 2.87. The SMILES string of the molecule is O=C(O)c1ncn(CC2CC(C(F)(F)F)C2)n1. The molecule has 0 atom stereocenters. The van der Waals surface area contributed by atoms with Crippen molar-refractivity contribution in [2.45, 2.75) is 25.6 Å². The summed E-state index contributed by atoms with van der Waals surface area (Å²) in [6, 6.07) is 0. The minimum absolute atomic E-state index is 0.0752. The molecule has 1 fully saturated rings. The average molecular weight is 249 g/mol. The molecule has 1 aliphatic carbocycles. The Balaban J connectivity index is 1.86. The number of alkyl halides is 3. The summed E-state index contributed by atoms with van der Waals surface area (Å²) in [5, 5.41) is 12.2. The first-order valence-corrected chi connectivity index (χ1v) is 5.05. The zero-order valence-corrected chi connectivity index (χ0v) is 8.68. The van der Waals surface area contributed by atoms with Gasteiger partial charge in [0.25, 0.3) is 5.82 Å². The standard InChI is InChI=1S/C9H10F3N3O2/c10-9(11,12)6-1-5(2-6)3-15-4-13-7(14-15)8(16)17/h4-6H,1-3H2,(H,16,17). The van der Waals surface area contributed by atoms with Crippen LogP contribution in [0.1, 0.15) is 23.5 Å². The molecule has 0 aliphatic heterocycles. The molecule has 0 unspecified atom stereocenters. The van der Waals surface area contributed by atoms with Crippen molar-refractivity contribution in [1.82, 2.24) is 14.8 Å². The summed E-state index contributed by atoms with van der Waals surface area (Å²) in [6.07, 6.45) is -2.74. The van der Waals surface area contributed by atoms with Crippen molar-refractivity contribution in [3.05, 3.63) is 12.2 Å². The van der Waals surface area contributed by atoms with Gasteiger partial charge in [0.1, 0.15) is 6.33 Å². The maximum atomic E-state index is 12.2. The molecule has 0 amide bonds. The molecule has 1 N–H and O–H groups in total. The zero-order valence-electron chi connectivity index (χ0n) is 8.68. The second kappa shape index (κ2) is 4.01. The maximum Gasteiger partial charge on any atom is 0.391 e. The van der Waals surface area contributed by atoms with Crippen LogP contribution in [0.15, 0.2) is 6.33 Å². The molecule has 2 rings (SSSR count). The molecule has 1 aromatic rings. The first kappa shape index (κ1) is 11.9. The third-order valence-corrected chi connectivity index (χ3v) is 2.87. The number of halogens is 3. The van der Waals surface area contributed by atoms with Gasteiger partial charge in [0.05, 0.1) is 5.92 Å². The van der Waals surface area contributed by atoms with Gasteiger partial charge in [-0.3, -0.25) is 4.68 Å². The molecule has 5 nitrogen and oxygen atoms in total. The molecule has 1 aromatic heterocycles. The van der Waals surface area contributed by atoms with E-state index < -0.39 is 18.1 Å². The molecule has 0 saturated heterocycles. The molecule has 8 heteroatoms. The first-order valence-electron chi connectivity index (χ1n) is 5.05. The van der Waals surface area contributed by atoms with Crippen LogP contribution < -0.4 is 0 Å². The van der Waals surface area contributed by atoms with Gasteiger partial charge in [0.15, 0.2) is 0 Å². The summed E-state index contributed by atoms with van der Waals surface area (Å²) in [7, 11) is 0. The summed E-state index contributed by atoms with van der Waals surface area (Å²) < 4.78 is 37.9. The lowest BCUT2D eigenvalue weighted by atomic mass is 9.74. The number of carboxylic acid groups (broad SMARTS) is 1. The number of nitrogens with zero attached hydrogens (tertiary/aromatic N) is 3. The van der Waals surface area contributed by atoms with Gasteiger partial charge in [0, 0.05) is 6.54 Å². The van der Waals surface area contributed by atoms with Gasteiger partial charge in [0.2, 0.25) is 0 Å². The largest absolute Gasteiger partial charge is 0.475 e. The number of hydrogen-bond donors (Lipinski definition) is 1. The maximum absolute atomic E-state index is 12.2. The Bertz CT molecular complexity index is 423. The Morgan fingerprint density at radius 1 is 1.53 bits per heavy atom. The van der Waals surface area contributed by atoms with Crippen LogP contribution in [0.4, 0.5) is 13.2 Å². The molecule has 17 heavy (non-hydrogen) atoms. The summed E-state index contributed by atoms with van der Waals surface area (Å²) in [4.78, 5) is 14.0. The van der Waals surface area contributed by atoms with Crippen LogP contribution in [-0.2, 0) is 6.54 Å². The number of carboxylic acids is 1. The summed E-state index contributed by atoms with van der Waals surface area (Å²) in [5.41, 5.74) is 0. The first-order chi connectivity index (χ1) is 7.86. The topological polar surface area (TPSA) is 68.0 Å². The fourth-order valence-electron chi connectivity index (χ4n) is 1.90. The van der Waals surface area contributed by atoms with Crippen molar-refractivity contribution in [2.24, 2.45) is 11.8 Å². The van der Waals surface area contributed by atoms with Crippen LogP contribution in [0.25, 0.3) is 0 Å². The quantitative estimate of drug-likeness (QED) is 0.882. The van der Waals surface area contributed by atoms with Crippen LogP contribution in [0.2, 0.25) is 0 Å². The molecular weight excluding hydrogens is 239 g/mol. The molecule has 0 bridgehead atoms. The van der Waals surface area contributed by atoms with Crippen LogP contribution in [-0.4, -0.2) is 32.0 Å². The number of carbonyl (C=O) groups is 1. The van der Waals surface area contributed by atoms with Crippen LogP contribution in [0.5, 0.6) is 0 Å². The fraction of sp³-hybridized carbons (Fsp3) is 0.667. The van der Waals surface area contributed by atoms with E-state index in [4.69, 9.17) is 5.11 Å². The van der Waals surface area contributed by atoms with Crippen LogP contribution in [0, 0.1) is 11.8 Å². The van der Waals surface area contributed by atoms with E-state index in [-0.39, 0.29) is 31.1 Å². The summed E-state index contributed by atoms with van der Waals surface area (Å²) in [6.45, 7) is 0.285. The molecule has 0 aromatic carbocycles. The number of aromatic nitrogens is 3. The monoisotopic (exact) mass is 249 g/mol. The van der Waals surface area contributed by atoms with Crippen molar-refractivity contribution < 1.29 is 23.1 Å². The van der Waals surface area contributed by atoms with Gasteiger partial charge in [-0.2, -0.15) is 13.2 Å². The zero-order chi connectivity index (χ0) is 12.6. The van der Waals surface area contributed by atoms with E-state index in [1.807, 2.05) is 0 Å². The van der Waals surface area contributed by atoms with E-state index in [0.29, 0.717) is 0 Å². The van der Waals surface area contributed by atoms with Crippen LogP contribution in [0.3, 0.4) is 0 Å². The average Bonchev–Trinajstić information content (AvgIpc) is 2.56. The lowest BCUT2D eigenvalue weighted by Gasteiger charge is -2.36. The number of hydrogen-bond acceptors (Lipinski definition) is 3. The van der Waals surface area contributed by atoms with E-state index in [9.17, 15) is 18.0 Å². The molecular formula is C9H10F3N3O2. The van der Waals surface area contributed by atoms with Gasteiger partial charge in [-0.15, -0.1) is 5.10 Å². The highest BCUT2D eigenvalue weighted by molar-refractivity contribution is 5.82. The van der Waals surface area contributed by atoms with Crippen molar-refractivity contribution in [2.75, 3.05) is 0 Å². The lowest BCUT2D eigenvalue weighted by Crippen LogP contribution is -2.37. The summed E-state index contributed by atoms with van der Waals surface area (Å²) >= 11 is 0. The highest BCUT2D eigenvalue weighted by Crippen LogP contribution is 2.45. The molecule has 0 radical (unpaired) electrons. The van der Waals surface area contributed by atoms with Gasteiger partial charge in [-0.1, -0.05) is 0 Å². The van der Waals surface area contributed by atoms with E-state index >= 15 is 0 Å². The second-order valence-electron chi connectivity index (χ2n) is 4.17. The fourth-order valence-corrected chi connectivity index (χ4v) is 1.90. The van der Waals surface area contributed by atoms with Gasteiger partial charge in [-0.25, -0.2) is 9.78 Å². The Labute approximate surface area is 94.3 Å². The van der Waals surface area contributed by atoms with Crippen molar-refractivity contribution in [3.63, 3.8) is 0 Å². The van der Waals surface area contributed by atoms with E-state index in [1.54, 1.807) is 0 Å². The molecule has 1 aliphatic rings. The molecule has 1 saturated carbocycles.